The highest BCUT2D eigenvalue weighted by atomic mass is 16.1. The number of aromatic nitrogens is 2. The maximum Gasteiger partial charge on any atom is 0.251 e. The molecule has 1 heterocycles. The van der Waals surface area contributed by atoms with Crippen molar-refractivity contribution in [3.63, 3.8) is 0 Å². The Morgan fingerprint density at radius 1 is 1.43 bits per heavy atom. The van der Waals surface area contributed by atoms with Crippen LogP contribution in [-0.2, 0) is 19.9 Å². The Kier molecular flexibility index (Phi) is 4.76. The van der Waals surface area contributed by atoms with Crippen LogP contribution in [0.4, 0.5) is 0 Å². The monoisotopic (exact) mass is 312 g/mol. The van der Waals surface area contributed by atoms with E-state index in [2.05, 4.69) is 21.8 Å². The van der Waals surface area contributed by atoms with Crippen molar-refractivity contribution >= 4 is 5.91 Å². The molecule has 0 spiro atoms. The van der Waals surface area contributed by atoms with Gasteiger partial charge in [0.25, 0.3) is 5.91 Å². The molecule has 122 valence electrons. The van der Waals surface area contributed by atoms with E-state index < -0.39 is 0 Å². The lowest BCUT2D eigenvalue weighted by Gasteiger charge is -2.24. The van der Waals surface area contributed by atoms with Crippen LogP contribution < -0.4 is 10.6 Å². The predicted octanol–water partition coefficient (Wildman–Crippen LogP) is 1.99. The molecule has 0 aliphatic heterocycles. The van der Waals surface area contributed by atoms with E-state index >= 15 is 0 Å². The SMILES string of the molecule is CNC(=O)c1cccc(CCNC2CCCc3c2cnn3C)c1. The number of fused-ring (bicyclic) bond motifs is 1. The molecule has 3 rings (SSSR count). The van der Waals surface area contributed by atoms with E-state index in [-0.39, 0.29) is 5.91 Å². The molecule has 1 amide bonds. The van der Waals surface area contributed by atoms with E-state index in [1.807, 2.05) is 36.1 Å². The number of hydrogen-bond acceptors (Lipinski definition) is 3. The predicted molar refractivity (Wildman–Crippen MR) is 90.4 cm³/mol. The van der Waals surface area contributed by atoms with Gasteiger partial charge in [-0.3, -0.25) is 9.48 Å². The number of hydrogen-bond donors (Lipinski definition) is 2. The molecule has 1 atom stereocenters. The number of nitrogens with one attached hydrogen (secondary N) is 2. The summed E-state index contributed by atoms with van der Waals surface area (Å²) < 4.78 is 2.00. The summed E-state index contributed by atoms with van der Waals surface area (Å²) in [7, 11) is 3.68. The number of carbonyl (C=O) groups excluding carboxylic acids is 1. The maximum atomic E-state index is 11.7. The Hall–Kier alpha value is -2.14. The summed E-state index contributed by atoms with van der Waals surface area (Å²) in [5.74, 6) is -0.0351. The van der Waals surface area contributed by atoms with E-state index in [4.69, 9.17) is 0 Å². The molecular formula is C18H24N4O. The minimum absolute atomic E-state index is 0.0351. The van der Waals surface area contributed by atoms with Crippen molar-refractivity contribution in [1.29, 1.82) is 0 Å². The lowest BCUT2D eigenvalue weighted by atomic mass is 9.93. The third-order valence-corrected chi connectivity index (χ3v) is 4.60. The van der Waals surface area contributed by atoms with Gasteiger partial charge < -0.3 is 10.6 Å². The van der Waals surface area contributed by atoms with Gasteiger partial charge in [-0.25, -0.2) is 0 Å². The van der Waals surface area contributed by atoms with Crippen molar-refractivity contribution in [1.82, 2.24) is 20.4 Å². The van der Waals surface area contributed by atoms with Gasteiger partial charge in [0.2, 0.25) is 0 Å². The molecule has 1 aliphatic rings. The maximum absolute atomic E-state index is 11.7. The Morgan fingerprint density at radius 2 is 2.30 bits per heavy atom. The molecule has 0 bridgehead atoms. The van der Waals surface area contributed by atoms with Crippen molar-refractivity contribution in [2.45, 2.75) is 31.7 Å². The fourth-order valence-corrected chi connectivity index (χ4v) is 3.32. The van der Waals surface area contributed by atoms with Gasteiger partial charge in [0.1, 0.15) is 0 Å². The van der Waals surface area contributed by atoms with Gasteiger partial charge in [-0.15, -0.1) is 0 Å². The molecule has 1 unspecified atom stereocenters. The highest BCUT2D eigenvalue weighted by molar-refractivity contribution is 5.94. The van der Waals surface area contributed by atoms with Crippen LogP contribution in [0.2, 0.25) is 0 Å². The zero-order chi connectivity index (χ0) is 16.2. The van der Waals surface area contributed by atoms with Gasteiger partial charge in [-0.1, -0.05) is 12.1 Å². The molecule has 0 radical (unpaired) electrons. The third kappa shape index (κ3) is 3.45. The first-order valence-corrected chi connectivity index (χ1v) is 8.24. The number of aryl methyl sites for hydroxylation is 1. The molecule has 0 fully saturated rings. The van der Waals surface area contributed by atoms with E-state index in [0.29, 0.717) is 6.04 Å². The van der Waals surface area contributed by atoms with Crippen molar-refractivity contribution in [3.05, 3.63) is 52.8 Å². The second-order valence-electron chi connectivity index (χ2n) is 6.10. The largest absolute Gasteiger partial charge is 0.355 e. The highest BCUT2D eigenvalue weighted by Crippen LogP contribution is 2.28. The topological polar surface area (TPSA) is 59.0 Å². The first-order chi connectivity index (χ1) is 11.2. The molecular weight excluding hydrogens is 288 g/mol. The lowest BCUT2D eigenvalue weighted by Crippen LogP contribution is -2.27. The van der Waals surface area contributed by atoms with Crippen LogP contribution in [-0.4, -0.2) is 29.3 Å². The second-order valence-corrected chi connectivity index (χ2v) is 6.10. The van der Waals surface area contributed by atoms with Crippen molar-refractivity contribution in [3.8, 4) is 0 Å². The normalized spacial score (nSPS) is 16.9. The van der Waals surface area contributed by atoms with Crippen LogP contribution in [0.25, 0.3) is 0 Å². The summed E-state index contributed by atoms with van der Waals surface area (Å²) in [5.41, 5.74) is 4.60. The van der Waals surface area contributed by atoms with Crippen molar-refractivity contribution < 1.29 is 4.79 Å². The minimum atomic E-state index is -0.0351. The Bertz CT molecular complexity index is 692. The Labute approximate surface area is 137 Å². The molecule has 5 nitrogen and oxygen atoms in total. The molecule has 23 heavy (non-hydrogen) atoms. The third-order valence-electron chi connectivity index (χ3n) is 4.60. The smallest absolute Gasteiger partial charge is 0.251 e. The lowest BCUT2D eigenvalue weighted by molar-refractivity contribution is 0.0963. The highest BCUT2D eigenvalue weighted by Gasteiger charge is 2.22. The number of rotatable bonds is 5. The van der Waals surface area contributed by atoms with Gasteiger partial charge in [-0.2, -0.15) is 5.10 Å². The number of amides is 1. The quantitative estimate of drug-likeness (QED) is 0.888. The van der Waals surface area contributed by atoms with Gasteiger partial charge in [0, 0.05) is 37.0 Å². The zero-order valence-corrected chi connectivity index (χ0v) is 13.8. The summed E-state index contributed by atoms with van der Waals surface area (Å²) >= 11 is 0. The first kappa shape index (κ1) is 15.7. The van der Waals surface area contributed by atoms with Gasteiger partial charge in [0.05, 0.1) is 6.20 Å². The molecule has 2 N–H and O–H groups in total. The molecule has 1 aliphatic carbocycles. The summed E-state index contributed by atoms with van der Waals surface area (Å²) in [6, 6.07) is 8.23. The number of benzene rings is 1. The number of carbonyl (C=O) groups is 1. The summed E-state index contributed by atoms with van der Waals surface area (Å²) in [6.07, 6.45) is 6.40. The molecule has 1 aromatic carbocycles. The van der Waals surface area contributed by atoms with Crippen LogP contribution >= 0.6 is 0 Å². The van der Waals surface area contributed by atoms with Gasteiger partial charge >= 0.3 is 0 Å². The summed E-state index contributed by atoms with van der Waals surface area (Å²) in [6.45, 7) is 0.899. The fourth-order valence-electron chi connectivity index (χ4n) is 3.32. The van der Waals surface area contributed by atoms with Crippen LogP contribution in [0.3, 0.4) is 0 Å². The van der Waals surface area contributed by atoms with E-state index in [9.17, 15) is 4.79 Å². The van der Waals surface area contributed by atoms with Gasteiger partial charge in [0.15, 0.2) is 0 Å². The molecule has 1 aromatic heterocycles. The van der Waals surface area contributed by atoms with Crippen molar-refractivity contribution in [2.24, 2.45) is 7.05 Å². The van der Waals surface area contributed by atoms with E-state index in [1.54, 1.807) is 7.05 Å². The van der Waals surface area contributed by atoms with Gasteiger partial charge in [-0.05, 0) is 49.9 Å². The standard InChI is InChI=1S/C18H24N4O/c1-19-18(23)14-6-3-5-13(11-14)9-10-20-16-7-4-8-17-15(16)12-21-22(17)2/h3,5-6,11-12,16,20H,4,7-10H2,1-2H3,(H,19,23). The second kappa shape index (κ2) is 6.96. The average molecular weight is 312 g/mol. The Morgan fingerprint density at radius 3 is 3.13 bits per heavy atom. The van der Waals surface area contributed by atoms with Crippen molar-refractivity contribution in [2.75, 3.05) is 13.6 Å². The molecule has 0 saturated carbocycles. The van der Waals surface area contributed by atoms with Crippen LogP contribution in [0.1, 0.15) is 46.1 Å². The van der Waals surface area contributed by atoms with E-state index in [1.165, 1.54) is 23.2 Å². The van der Waals surface area contributed by atoms with Crippen LogP contribution in [0, 0.1) is 0 Å². The Balaban J connectivity index is 1.59. The first-order valence-electron chi connectivity index (χ1n) is 8.24. The average Bonchev–Trinajstić information content (AvgIpc) is 2.97. The fraction of sp³-hybridized carbons (Fsp3) is 0.444. The molecule has 2 aromatic rings. The number of nitrogens with zero attached hydrogens (tertiary/aromatic N) is 2. The minimum Gasteiger partial charge on any atom is -0.355 e. The molecule has 0 saturated heterocycles. The van der Waals surface area contributed by atoms with Crippen LogP contribution in [0.15, 0.2) is 30.5 Å². The zero-order valence-electron chi connectivity index (χ0n) is 13.8. The summed E-state index contributed by atoms with van der Waals surface area (Å²) in [5, 5.41) is 10.7. The molecule has 5 heteroatoms. The van der Waals surface area contributed by atoms with E-state index in [0.717, 1.165) is 31.4 Å². The van der Waals surface area contributed by atoms with Crippen LogP contribution in [0.5, 0.6) is 0 Å². The summed E-state index contributed by atoms with van der Waals surface area (Å²) in [4.78, 5) is 11.7.